The van der Waals surface area contributed by atoms with E-state index in [-0.39, 0.29) is 10.6 Å². The summed E-state index contributed by atoms with van der Waals surface area (Å²) in [6.45, 7) is 5.95. The van der Waals surface area contributed by atoms with Gasteiger partial charge in [0, 0.05) is 11.5 Å². The number of rotatable bonds is 0. The van der Waals surface area contributed by atoms with E-state index in [2.05, 4.69) is 13.8 Å². The minimum atomic E-state index is -0.498. The van der Waals surface area contributed by atoms with E-state index in [1.807, 2.05) is 13.0 Å². The fourth-order valence-electron chi connectivity index (χ4n) is 2.47. The first-order valence-corrected chi connectivity index (χ1v) is 6.70. The van der Waals surface area contributed by atoms with E-state index in [9.17, 15) is 4.79 Å². The molecule has 19 heavy (non-hydrogen) atoms. The maximum absolute atomic E-state index is 11.6. The molecular weight excluding hydrogens is 264 g/mol. The van der Waals surface area contributed by atoms with Crippen LogP contribution in [0.4, 0.5) is 0 Å². The molecule has 0 fully saturated rings. The summed E-state index contributed by atoms with van der Waals surface area (Å²) in [5.41, 5.74) is 1.76. The maximum atomic E-state index is 11.6. The molecule has 2 aromatic rings. The van der Waals surface area contributed by atoms with Gasteiger partial charge in [-0.05, 0) is 50.8 Å². The second kappa shape index (κ2) is 4.01. The molecule has 4 heteroatoms. The highest BCUT2D eigenvalue weighted by Gasteiger charge is 2.27. The monoisotopic (exact) mass is 278 g/mol. The Labute approximate surface area is 116 Å². The van der Waals surface area contributed by atoms with Crippen molar-refractivity contribution < 1.29 is 9.15 Å². The lowest BCUT2D eigenvalue weighted by molar-refractivity contribution is 0.0848. The average Bonchev–Trinajstić information content (AvgIpc) is 2.33. The molecule has 1 aromatic heterocycles. The van der Waals surface area contributed by atoms with Gasteiger partial charge in [0.25, 0.3) is 0 Å². The van der Waals surface area contributed by atoms with Crippen LogP contribution in [0.3, 0.4) is 0 Å². The third-order valence-electron chi connectivity index (χ3n) is 3.66. The molecule has 3 rings (SSSR count). The van der Waals surface area contributed by atoms with Crippen LogP contribution in [0, 0.1) is 6.92 Å². The van der Waals surface area contributed by atoms with Gasteiger partial charge in [-0.1, -0.05) is 11.6 Å². The molecule has 1 aliphatic rings. The average molecular weight is 279 g/mol. The summed E-state index contributed by atoms with van der Waals surface area (Å²) in [5.74, 6) is 0.800. The van der Waals surface area contributed by atoms with Gasteiger partial charge in [0.2, 0.25) is 0 Å². The van der Waals surface area contributed by atoms with Gasteiger partial charge in [0.05, 0.1) is 0 Å². The summed E-state index contributed by atoms with van der Waals surface area (Å²) in [5, 5.41) is 1.04. The number of aryl methyl sites for hydroxylation is 2. The van der Waals surface area contributed by atoms with Gasteiger partial charge in [0.15, 0.2) is 0 Å². The van der Waals surface area contributed by atoms with E-state index < -0.39 is 5.63 Å². The molecule has 0 radical (unpaired) electrons. The molecule has 0 bridgehead atoms. The molecule has 1 aliphatic heterocycles. The number of halogens is 1. The number of fused-ring (bicyclic) bond motifs is 2. The first kappa shape index (κ1) is 12.5. The minimum absolute atomic E-state index is 0.157. The quantitative estimate of drug-likeness (QED) is 0.687. The molecule has 0 saturated carbocycles. The summed E-state index contributed by atoms with van der Waals surface area (Å²) >= 11 is 5.95. The fraction of sp³-hybridized carbons (Fsp3) is 0.400. The van der Waals surface area contributed by atoms with E-state index in [0.29, 0.717) is 5.58 Å². The molecule has 0 unspecified atom stereocenters. The van der Waals surface area contributed by atoms with Crippen LogP contribution in [0.5, 0.6) is 5.75 Å². The lowest BCUT2D eigenvalue weighted by Crippen LogP contribution is -2.32. The van der Waals surface area contributed by atoms with E-state index in [1.165, 1.54) is 0 Å². The van der Waals surface area contributed by atoms with Gasteiger partial charge in [-0.15, -0.1) is 0 Å². The topological polar surface area (TPSA) is 39.4 Å². The van der Waals surface area contributed by atoms with E-state index in [4.69, 9.17) is 20.8 Å². The van der Waals surface area contributed by atoms with Crippen molar-refractivity contribution in [1.82, 2.24) is 0 Å². The van der Waals surface area contributed by atoms with Gasteiger partial charge in [-0.3, -0.25) is 0 Å². The highest BCUT2D eigenvalue weighted by molar-refractivity contribution is 6.31. The zero-order chi connectivity index (χ0) is 13.8. The number of hydrogen-bond acceptors (Lipinski definition) is 3. The number of ether oxygens (including phenoxy) is 1. The Balaban J connectivity index is 2.28. The molecule has 0 N–H and O–H groups in total. The standard InChI is InChI=1S/C15H15ClO3/c1-8-10-6-9-4-5-15(2,3)19-11(9)7-12(10)18-14(17)13(8)16/h6-7H,4-5H2,1-3H3. The summed E-state index contributed by atoms with van der Waals surface area (Å²) in [6, 6.07) is 3.82. The van der Waals surface area contributed by atoms with Crippen LogP contribution >= 0.6 is 11.6 Å². The van der Waals surface area contributed by atoms with Gasteiger partial charge in [0.1, 0.15) is 22.0 Å². The number of benzene rings is 1. The summed E-state index contributed by atoms with van der Waals surface area (Å²) in [6.07, 6.45) is 1.92. The zero-order valence-electron chi connectivity index (χ0n) is 11.2. The third-order valence-corrected chi connectivity index (χ3v) is 4.10. The van der Waals surface area contributed by atoms with E-state index >= 15 is 0 Å². The maximum Gasteiger partial charge on any atom is 0.355 e. The van der Waals surface area contributed by atoms with Gasteiger partial charge < -0.3 is 9.15 Å². The van der Waals surface area contributed by atoms with Crippen LogP contribution in [0.25, 0.3) is 11.0 Å². The largest absolute Gasteiger partial charge is 0.487 e. The Hall–Kier alpha value is -1.48. The molecule has 0 saturated heterocycles. The first-order valence-electron chi connectivity index (χ1n) is 6.32. The Bertz CT molecular complexity index is 728. The van der Waals surface area contributed by atoms with Gasteiger partial charge in [-0.2, -0.15) is 0 Å². The molecule has 1 aromatic carbocycles. The molecule has 0 amide bonds. The van der Waals surface area contributed by atoms with Crippen molar-refractivity contribution in [2.75, 3.05) is 0 Å². The van der Waals surface area contributed by atoms with Crippen molar-refractivity contribution in [3.63, 3.8) is 0 Å². The van der Waals surface area contributed by atoms with Gasteiger partial charge >= 0.3 is 5.63 Å². The molecule has 0 spiro atoms. The Morgan fingerprint density at radius 1 is 1.32 bits per heavy atom. The van der Waals surface area contributed by atoms with Crippen LogP contribution in [-0.4, -0.2) is 5.60 Å². The van der Waals surface area contributed by atoms with Crippen LogP contribution in [0.1, 0.15) is 31.4 Å². The molecule has 0 aliphatic carbocycles. The Morgan fingerprint density at radius 3 is 2.79 bits per heavy atom. The SMILES string of the molecule is Cc1c(Cl)c(=O)oc2cc3c(cc12)CCC(C)(C)O3. The fourth-order valence-corrected chi connectivity index (χ4v) is 2.61. The lowest BCUT2D eigenvalue weighted by Gasteiger charge is -2.32. The highest BCUT2D eigenvalue weighted by Crippen LogP contribution is 2.37. The molecular formula is C15H15ClO3. The first-order chi connectivity index (χ1) is 8.87. The number of hydrogen-bond donors (Lipinski definition) is 0. The second-order valence-corrected chi connectivity index (χ2v) is 6.02. The normalized spacial score (nSPS) is 17.1. The van der Waals surface area contributed by atoms with Crippen molar-refractivity contribution in [3.05, 3.63) is 38.7 Å². The van der Waals surface area contributed by atoms with Crippen LogP contribution in [-0.2, 0) is 6.42 Å². The predicted molar refractivity (Wildman–Crippen MR) is 75.3 cm³/mol. The predicted octanol–water partition coefficient (Wildman–Crippen LogP) is 3.86. The van der Waals surface area contributed by atoms with Crippen molar-refractivity contribution in [1.29, 1.82) is 0 Å². The van der Waals surface area contributed by atoms with Crippen molar-refractivity contribution in [2.24, 2.45) is 0 Å². The van der Waals surface area contributed by atoms with Crippen molar-refractivity contribution in [3.8, 4) is 5.75 Å². The van der Waals surface area contributed by atoms with Crippen molar-refractivity contribution in [2.45, 2.75) is 39.2 Å². The zero-order valence-corrected chi connectivity index (χ0v) is 11.9. The summed E-state index contributed by atoms with van der Waals surface area (Å²) in [7, 11) is 0. The second-order valence-electron chi connectivity index (χ2n) is 5.65. The smallest absolute Gasteiger partial charge is 0.355 e. The minimum Gasteiger partial charge on any atom is -0.487 e. The lowest BCUT2D eigenvalue weighted by atomic mass is 9.93. The van der Waals surface area contributed by atoms with E-state index in [0.717, 1.165) is 35.1 Å². The molecule has 3 nitrogen and oxygen atoms in total. The van der Waals surface area contributed by atoms with E-state index in [1.54, 1.807) is 6.07 Å². The summed E-state index contributed by atoms with van der Waals surface area (Å²) < 4.78 is 11.2. The molecule has 2 heterocycles. The van der Waals surface area contributed by atoms with Crippen LogP contribution < -0.4 is 10.4 Å². The molecule has 0 atom stereocenters. The highest BCUT2D eigenvalue weighted by atomic mass is 35.5. The Kier molecular flexibility index (Phi) is 2.65. The Morgan fingerprint density at radius 2 is 2.05 bits per heavy atom. The van der Waals surface area contributed by atoms with Crippen LogP contribution in [0.2, 0.25) is 5.02 Å². The summed E-state index contributed by atoms with van der Waals surface area (Å²) in [4.78, 5) is 11.6. The molecule has 100 valence electrons. The van der Waals surface area contributed by atoms with Crippen molar-refractivity contribution >= 4 is 22.6 Å². The van der Waals surface area contributed by atoms with Gasteiger partial charge in [-0.25, -0.2) is 4.79 Å². The van der Waals surface area contributed by atoms with Crippen LogP contribution in [0.15, 0.2) is 21.3 Å². The third kappa shape index (κ3) is 2.02.